The van der Waals surface area contributed by atoms with Crippen LogP contribution in [0.4, 0.5) is 5.69 Å². The van der Waals surface area contributed by atoms with Crippen LogP contribution in [0.25, 0.3) is 0 Å². The normalized spacial score (nSPS) is 23.7. The summed E-state index contributed by atoms with van der Waals surface area (Å²) in [6.45, 7) is 2.73. The first-order valence-corrected chi connectivity index (χ1v) is 10.1. The van der Waals surface area contributed by atoms with Gasteiger partial charge >= 0.3 is 0 Å². The molecule has 1 saturated carbocycles. The second-order valence-corrected chi connectivity index (χ2v) is 7.84. The molecule has 0 spiro atoms. The molecule has 7 nitrogen and oxygen atoms in total. The maximum atomic E-state index is 13.1. The molecule has 4 rings (SSSR count). The van der Waals surface area contributed by atoms with Crippen LogP contribution in [0.1, 0.15) is 59.2 Å². The van der Waals surface area contributed by atoms with E-state index in [-0.39, 0.29) is 37.2 Å². The Labute approximate surface area is 163 Å². The predicted octanol–water partition coefficient (Wildman–Crippen LogP) is 1.77. The van der Waals surface area contributed by atoms with Crippen LogP contribution in [0.5, 0.6) is 0 Å². The molecule has 28 heavy (non-hydrogen) atoms. The molecule has 1 unspecified atom stereocenters. The molecular weight excluding hydrogens is 358 g/mol. The number of benzene rings is 1. The van der Waals surface area contributed by atoms with Crippen LogP contribution in [-0.4, -0.2) is 54.0 Å². The fraction of sp³-hybridized carbons (Fsp3) is 0.524. The van der Waals surface area contributed by atoms with Crippen LogP contribution in [0, 0.1) is 5.92 Å². The van der Waals surface area contributed by atoms with Gasteiger partial charge in [-0.1, -0.05) is 6.07 Å². The van der Waals surface area contributed by atoms with Gasteiger partial charge in [-0.25, -0.2) is 0 Å². The first-order chi connectivity index (χ1) is 13.6. The molecule has 1 aromatic rings. The number of nitrogens with zero attached hydrogens (tertiary/aromatic N) is 1. The average molecular weight is 383 g/mol. The van der Waals surface area contributed by atoms with Gasteiger partial charge in [0, 0.05) is 31.5 Å². The number of rotatable bonds is 4. The number of Topliss-reactive ketones (excluding diaryl/α,β-unsaturated/α-hetero) is 2. The van der Waals surface area contributed by atoms with Crippen LogP contribution in [0.15, 0.2) is 18.2 Å². The Morgan fingerprint density at radius 3 is 2.54 bits per heavy atom. The Hall–Kier alpha value is -2.54. The van der Waals surface area contributed by atoms with Gasteiger partial charge in [0.2, 0.25) is 0 Å². The minimum absolute atomic E-state index is 0.0109. The number of carbonyl (C=O) groups is 4. The quantitative estimate of drug-likeness (QED) is 0.608. The zero-order valence-electron chi connectivity index (χ0n) is 15.8. The fourth-order valence-corrected chi connectivity index (χ4v) is 4.36. The molecule has 1 aromatic carbocycles. The Bertz CT molecular complexity index is 829. The Morgan fingerprint density at radius 2 is 1.75 bits per heavy atom. The van der Waals surface area contributed by atoms with E-state index in [0.717, 1.165) is 37.4 Å². The standard InChI is InChI=1S/C21H25N3O4/c25-14-4-6-17(18(26)7-5-14)24-20(27)15-2-1-3-16(19(15)21(24)28)23-12-13-8-10-22-11-9-13/h1-3,13,17,22-23H,4-12H2. The second kappa shape index (κ2) is 7.83. The molecule has 2 fully saturated rings. The molecule has 1 atom stereocenters. The third-order valence-corrected chi connectivity index (χ3v) is 6.02. The monoisotopic (exact) mass is 383 g/mol. The number of imide groups is 1. The van der Waals surface area contributed by atoms with Crippen molar-refractivity contribution < 1.29 is 19.2 Å². The number of carbonyl (C=O) groups excluding carboxylic acids is 4. The number of hydrogen-bond acceptors (Lipinski definition) is 6. The number of fused-ring (bicyclic) bond motifs is 1. The van der Waals surface area contributed by atoms with E-state index in [9.17, 15) is 19.2 Å². The van der Waals surface area contributed by atoms with E-state index >= 15 is 0 Å². The van der Waals surface area contributed by atoms with E-state index in [1.54, 1.807) is 12.1 Å². The third-order valence-electron chi connectivity index (χ3n) is 6.02. The minimum Gasteiger partial charge on any atom is -0.384 e. The van der Waals surface area contributed by atoms with Gasteiger partial charge < -0.3 is 10.6 Å². The number of nitrogens with one attached hydrogen (secondary N) is 2. The summed E-state index contributed by atoms with van der Waals surface area (Å²) in [6.07, 6.45) is 2.89. The van der Waals surface area contributed by atoms with E-state index < -0.39 is 17.9 Å². The molecule has 0 aromatic heterocycles. The van der Waals surface area contributed by atoms with Crippen molar-refractivity contribution in [3.8, 4) is 0 Å². The largest absolute Gasteiger partial charge is 0.384 e. The highest BCUT2D eigenvalue weighted by Gasteiger charge is 2.44. The summed E-state index contributed by atoms with van der Waals surface area (Å²) in [4.78, 5) is 51.3. The number of piperidine rings is 1. The lowest BCUT2D eigenvalue weighted by Crippen LogP contribution is -2.44. The highest BCUT2D eigenvalue weighted by atomic mass is 16.2. The van der Waals surface area contributed by atoms with Crippen molar-refractivity contribution in [2.24, 2.45) is 5.92 Å². The summed E-state index contributed by atoms with van der Waals surface area (Å²) in [5, 5.41) is 6.69. The Balaban J connectivity index is 1.56. The first kappa shape index (κ1) is 18.8. The number of ketones is 2. The number of amides is 2. The van der Waals surface area contributed by atoms with Gasteiger partial charge in [0.1, 0.15) is 5.78 Å². The van der Waals surface area contributed by atoms with Crippen LogP contribution in [0.2, 0.25) is 0 Å². The smallest absolute Gasteiger partial charge is 0.264 e. The molecule has 2 N–H and O–H groups in total. The highest BCUT2D eigenvalue weighted by molar-refractivity contribution is 6.25. The molecule has 1 saturated heterocycles. The van der Waals surface area contributed by atoms with Gasteiger partial charge in [-0.2, -0.15) is 0 Å². The maximum Gasteiger partial charge on any atom is 0.264 e. The highest BCUT2D eigenvalue weighted by Crippen LogP contribution is 2.33. The Morgan fingerprint density at radius 1 is 0.964 bits per heavy atom. The van der Waals surface area contributed by atoms with Crippen molar-refractivity contribution in [2.45, 2.75) is 44.6 Å². The summed E-state index contributed by atoms with van der Waals surface area (Å²) in [5.74, 6) is -0.532. The van der Waals surface area contributed by atoms with Crippen molar-refractivity contribution in [3.63, 3.8) is 0 Å². The van der Waals surface area contributed by atoms with Crippen LogP contribution in [0.3, 0.4) is 0 Å². The Kier molecular flexibility index (Phi) is 5.26. The lowest BCUT2D eigenvalue weighted by Gasteiger charge is -2.24. The van der Waals surface area contributed by atoms with Gasteiger partial charge in [-0.15, -0.1) is 0 Å². The van der Waals surface area contributed by atoms with Gasteiger partial charge in [0.15, 0.2) is 5.78 Å². The molecule has 7 heteroatoms. The SMILES string of the molecule is O=C1CCC(=O)C(N2C(=O)c3cccc(NCC4CCNCC4)c3C2=O)CC1. The van der Waals surface area contributed by atoms with Crippen molar-refractivity contribution in [1.29, 1.82) is 0 Å². The zero-order chi connectivity index (χ0) is 19.7. The van der Waals surface area contributed by atoms with E-state index in [4.69, 9.17) is 0 Å². The number of anilines is 1. The van der Waals surface area contributed by atoms with Gasteiger partial charge in [-0.05, 0) is 50.4 Å². The van der Waals surface area contributed by atoms with Crippen molar-refractivity contribution in [2.75, 3.05) is 25.0 Å². The van der Waals surface area contributed by atoms with Crippen LogP contribution < -0.4 is 10.6 Å². The fourth-order valence-electron chi connectivity index (χ4n) is 4.36. The zero-order valence-corrected chi connectivity index (χ0v) is 15.8. The predicted molar refractivity (Wildman–Crippen MR) is 103 cm³/mol. The molecule has 2 aliphatic heterocycles. The molecule has 0 radical (unpaired) electrons. The van der Waals surface area contributed by atoms with Crippen LogP contribution in [-0.2, 0) is 9.59 Å². The third kappa shape index (κ3) is 3.46. The van der Waals surface area contributed by atoms with Crippen molar-refractivity contribution in [1.82, 2.24) is 10.2 Å². The molecule has 3 aliphatic rings. The summed E-state index contributed by atoms with van der Waals surface area (Å²) in [7, 11) is 0. The summed E-state index contributed by atoms with van der Waals surface area (Å²) >= 11 is 0. The van der Waals surface area contributed by atoms with E-state index in [1.165, 1.54) is 0 Å². The van der Waals surface area contributed by atoms with Crippen molar-refractivity contribution >= 4 is 29.1 Å². The molecule has 2 heterocycles. The topological polar surface area (TPSA) is 95.6 Å². The van der Waals surface area contributed by atoms with Gasteiger partial charge in [0.05, 0.1) is 17.2 Å². The van der Waals surface area contributed by atoms with Crippen LogP contribution >= 0.6 is 0 Å². The lowest BCUT2D eigenvalue weighted by molar-refractivity contribution is -0.124. The molecule has 148 valence electrons. The number of hydrogen-bond donors (Lipinski definition) is 2. The molecule has 0 bridgehead atoms. The summed E-state index contributed by atoms with van der Waals surface area (Å²) < 4.78 is 0. The second-order valence-electron chi connectivity index (χ2n) is 7.84. The molecule has 2 amide bonds. The average Bonchev–Trinajstić information content (AvgIpc) is 2.85. The maximum absolute atomic E-state index is 13.1. The molecule has 1 aliphatic carbocycles. The lowest BCUT2D eigenvalue weighted by atomic mass is 9.98. The van der Waals surface area contributed by atoms with E-state index in [0.29, 0.717) is 22.7 Å². The van der Waals surface area contributed by atoms with Gasteiger partial charge in [0.25, 0.3) is 11.8 Å². The summed E-state index contributed by atoms with van der Waals surface area (Å²) in [5.41, 5.74) is 1.34. The first-order valence-electron chi connectivity index (χ1n) is 10.1. The summed E-state index contributed by atoms with van der Waals surface area (Å²) in [6, 6.07) is 4.37. The van der Waals surface area contributed by atoms with Crippen molar-refractivity contribution in [3.05, 3.63) is 29.3 Å². The van der Waals surface area contributed by atoms with E-state index in [2.05, 4.69) is 10.6 Å². The minimum atomic E-state index is -0.837. The van der Waals surface area contributed by atoms with E-state index in [1.807, 2.05) is 6.07 Å². The van der Waals surface area contributed by atoms with Gasteiger partial charge in [-0.3, -0.25) is 24.1 Å². The molecular formula is C21H25N3O4.